The van der Waals surface area contributed by atoms with Gasteiger partial charge in [0, 0.05) is 12.2 Å². The van der Waals surface area contributed by atoms with Gasteiger partial charge in [0.25, 0.3) is 0 Å². The standard InChI is InChI=1S/C18H24O2Si2/c1-5-21(2,3)16-22(4,19-17-12-8-6-9-13-17)20-18-14-10-7-11-15-18/h5-15H,1,16H2,2-4H3. The molecule has 0 bridgehead atoms. The molecule has 0 amide bonds. The average Bonchev–Trinajstić information content (AvgIpc) is 2.48. The SMILES string of the molecule is C=C[Si](C)(C)C[Si](C)(Oc1ccccc1)Oc1ccccc1. The molecule has 0 saturated carbocycles. The van der Waals surface area contributed by atoms with Crippen molar-refractivity contribution in [3.63, 3.8) is 0 Å². The lowest BCUT2D eigenvalue weighted by Gasteiger charge is -2.33. The Morgan fingerprint density at radius 3 is 1.59 bits per heavy atom. The van der Waals surface area contributed by atoms with Crippen LogP contribution in [0.2, 0.25) is 25.3 Å². The van der Waals surface area contributed by atoms with E-state index >= 15 is 0 Å². The Morgan fingerprint density at radius 2 is 1.23 bits per heavy atom. The number of hydrogen-bond acceptors (Lipinski definition) is 2. The topological polar surface area (TPSA) is 18.5 Å². The molecule has 0 N–H and O–H groups in total. The molecule has 0 spiro atoms. The number of hydrogen-bond donors (Lipinski definition) is 0. The van der Waals surface area contributed by atoms with Crippen LogP contribution in [-0.4, -0.2) is 16.6 Å². The minimum absolute atomic E-state index is 0.876. The van der Waals surface area contributed by atoms with Crippen molar-refractivity contribution in [3.8, 4) is 11.5 Å². The van der Waals surface area contributed by atoms with E-state index in [1.807, 2.05) is 60.7 Å². The van der Waals surface area contributed by atoms with Crippen LogP contribution in [0.3, 0.4) is 0 Å². The van der Waals surface area contributed by atoms with E-state index in [1.165, 1.54) is 0 Å². The molecule has 0 aliphatic heterocycles. The van der Waals surface area contributed by atoms with Gasteiger partial charge in [-0.05, 0) is 24.3 Å². The summed E-state index contributed by atoms with van der Waals surface area (Å²) in [5, 5.41) is 0. The molecule has 0 aromatic heterocycles. The zero-order chi connectivity index (χ0) is 16.1. The van der Waals surface area contributed by atoms with E-state index in [-0.39, 0.29) is 0 Å². The number of benzene rings is 2. The molecule has 0 saturated heterocycles. The van der Waals surface area contributed by atoms with Crippen molar-refractivity contribution >= 4 is 16.6 Å². The lowest BCUT2D eigenvalue weighted by Crippen LogP contribution is -2.51. The maximum atomic E-state index is 6.35. The summed E-state index contributed by atoms with van der Waals surface area (Å²) in [5.74, 6) is 1.75. The zero-order valence-corrected chi connectivity index (χ0v) is 15.6. The van der Waals surface area contributed by atoms with Gasteiger partial charge in [0.15, 0.2) is 0 Å². The van der Waals surface area contributed by atoms with Crippen molar-refractivity contribution in [2.24, 2.45) is 0 Å². The van der Waals surface area contributed by atoms with Gasteiger partial charge in [0.2, 0.25) is 0 Å². The van der Waals surface area contributed by atoms with Crippen molar-refractivity contribution in [2.45, 2.75) is 25.3 Å². The van der Waals surface area contributed by atoms with Crippen molar-refractivity contribution in [1.82, 2.24) is 0 Å². The number of para-hydroxylation sites is 2. The summed E-state index contributed by atoms with van der Waals surface area (Å²) in [4.78, 5) is 0. The van der Waals surface area contributed by atoms with Gasteiger partial charge in [-0.25, -0.2) is 0 Å². The average molecular weight is 329 g/mol. The first-order valence-corrected chi connectivity index (χ1v) is 13.3. The molecule has 0 atom stereocenters. The van der Waals surface area contributed by atoms with Gasteiger partial charge in [-0.2, -0.15) is 0 Å². The van der Waals surface area contributed by atoms with Crippen LogP contribution in [0.25, 0.3) is 0 Å². The summed E-state index contributed by atoms with van der Waals surface area (Å²) in [5.41, 5.74) is 3.08. The Labute approximate surface area is 135 Å². The highest BCUT2D eigenvalue weighted by Crippen LogP contribution is 2.27. The molecule has 0 radical (unpaired) electrons. The van der Waals surface area contributed by atoms with Crippen LogP contribution in [0.4, 0.5) is 0 Å². The second kappa shape index (κ2) is 6.98. The van der Waals surface area contributed by atoms with E-state index in [2.05, 4.69) is 31.9 Å². The van der Waals surface area contributed by atoms with Crippen LogP contribution in [0.1, 0.15) is 0 Å². The first-order chi connectivity index (χ1) is 10.4. The van der Waals surface area contributed by atoms with E-state index in [0.717, 1.165) is 17.2 Å². The van der Waals surface area contributed by atoms with Crippen molar-refractivity contribution < 1.29 is 8.85 Å². The van der Waals surface area contributed by atoms with Crippen molar-refractivity contribution in [1.29, 1.82) is 0 Å². The van der Waals surface area contributed by atoms with Crippen LogP contribution in [-0.2, 0) is 0 Å². The first kappa shape index (κ1) is 16.6. The molecule has 0 fully saturated rings. The van der Waals surface area contributed by atoms with Crippen LogP contribution in [0.5, 0.6) is 11.5 Å². The molecule has 0 heterocycles. The maximum absolute atomic E-state index is 6.35. The molecule has 0 aliphatic carbocycles. The van der Waals surface area contributed by atoms with Gasteiger partial charge in [-0.15, -0.1) is 12.3 Å². The van der Waals surface area contributed by atoms with E-state index in [4.69, 9.17) is 8.85 Å². The summed E-state index contributed by atoms with van der Waals surface area (Å²) in [6.45, 7) is 10.7. The maximum Gasteiger partial charge on any atom is 0.454 e. The minimum Gasteiger partial charge on any atom is -0.512 e. The predicted octanol–water partition coefficient (Wildman–Crippen LogP) is 5.19. The summed E-state index contributed by atoms with van der Waals surface area (Å²) in [7, 11) is -3.94. The van der Waals surface area contributed by atoms with Gasteiger partial charge in [0.1, 0.15) is 11.5 Å². The van der Waals surface area contributed by atoms with Crippen molar-refractivity contribution in [2.75, 3.05) is 0 Å². The van der Waals surface area contributed by atoms with E-state index < -0.39 is 16.6 Å². The van der Waals surface area contributed by atoms with Gasteiger partial charge in [-0.3, -0.25) is 0 Å². The highest BCUT2D eigenvalue weighted by atomic mass is 28.4. The molecule has 0 unspecified atom stereocenters. The Morgan fingerprint density at radius 1 is 0.818 bits per heavy atom. The lowest BCUT2D eigenvalue weighted by atomic mass is 10.3. The van der Waals surface area contributed by atoms with Crippen LogP contribution >= 0.6 is 0 Å². The number of rotatable bonds is 7. The fourth-order valence-electron chi connectivity index (χ4n) is 2.47. The molecule has 4 heteroatoms. The molecule has 2 nitrogen and oxygen atoms in total. The van der Waals surface area contributed by atoms with E-state index in [9.17, 15) is 0 Å². The van der Waals surface area contributed by atoms with Gasteiger partial charge >= 0.3 is 8.56 Å². The second-order valence-electron chi connectivity index (χ2n) is 6.33. The summed E-state index contributed by atoms with van der Waals surface area (Å²) in [6.07, 6.45) is 0. The molecular weight excluding hydrogens is 304 g/mol. The van der Waals surface area contributed by atoms with Gasteiger partial charge in [0.05, 0.1) is 8.07 Å². The third kappa shape index (κ3) is 4.89. The molecule has 2 aromatic rings. The summed E-state index contributed by atoms with van der Waals surface area (Å²) >= 11 is 0. The Hall–Kier alpha value is -1.79. The Kier molecular flexibility index (Phi) is 5.26. The third-order valence-electron chi connectivity index (χ3n) is 3.48. The quantitative estimate of drug-likeness (QED) is 0.651. The molecule has 22 heavy (non-hydrogen) atoms. The van der Waals surface area contributed by atoms with Crippen molar-refractivity contribution in [3.05, 3.63) is 72.9 Å². The minimum atomic E-state index is -2.40. The Balaban J connectivity index is 2.25. The zero-order valence-electron chi connectivity index (χ0n) is 13.6. The lowest BCUT2D eigenvalue weighted by molar-refractivity contribution is 0.396. The first-order valence-electron chi connectivity index (χ1n) is 7.54. The fraction of sp³-hybridized carbons (Fsp3) is 0.222. The largest absolute Gasteiger partial charge is 0.512 e. The Bertz CT molecular complexity index is 555. The van der Waals surface area contributed by atoms with E-state index in [0.29, 0.717) is 0 Å². The molecule has 2 aromatic carbocycles. The van der Waals surface area contributed by atoms with Gasteiger partial charge < -0.3 is 8.85 Å². The highest BCUT2D eigenvalue weighted by molar-refractivity contribution is 6.94. The molecule has 116 valence electrons. The summed E-state index contributed by atoms with van der Waals surface area (Å²) < 4.78 is 12.7. The molecule has 2 rings (SSSR count). The van der Waals surface area contributed by atoms with Crippen LogP contribution < -0.4 is 8.85 Å². The van der Waals surface area contributed by atoms with Gasteiger partial charge in [-0.1, -0.05) is 49.5 Å². The fourth-order valence-corrected chi connectivity index (χ4v) is 11.6. The normalized spacial score (nSPS) is 11.8. The molecular formula is C18H24O2Si2. The third-order valence-corrected chi connectivity index (χ3v) is 12.1. The smallest absolute Gasteiger partial charge is 0.454 e. The van der Waals surface area contributed by atoms with E-state index in [1.54, 1.807) is 0 Å². The van der Waals surface area contributed by atoms with Crippen LogP contribution in [0, 0.1) is 0 Å². The van der Waals surface area contributed by atoms with Crippen LogP contribution in [0.15, 0.2) is 72.9 Å². The highest BCUT2D eigenvalue weighted by Gasteiger charge is 2.42. The second-order valence-corrected chi connectivity index (χ2v) is 14.8. The summed E-state index contributed by atoms with van der Waals surface area (Å²) in [6, 6.07) is 19.9. The predicted molar refractivity (Wildman–Crippen MR) is 98.2 cm³/mol. The monoisotopic (exact) mass is 328 g/mol. The molecule has 0 aliphatic rings.